The van der Waals surface area contributed by atoms with Crippen LogP contribution < -0.4 is 15.9 Å². The first-order chi connectivity index (χ1) is 14.0. The molecule has 0 atom stereocenters. The number of nitrogens with zero attached hydrogens (tertiary/aromatic N) is 3. The molecule has 0 saturated heterocycles. The van der Waals surface area contributed by atoms with Gasteiger partial charge in [0.2, 0.25) is 11.1 Å². The minimum absolute atomic E-state index is 0.0429. The molecule has 29 heavy (non-hydrogen) atoms. The number of hydrogen-bond donors (Lipinski definition) is 2. The highest BCUT2D eigenvalue weighted by Crippen LogP contribution is 2.24. The second-order valence-electron chi connectivity index (χ2n) is 6.98. The molecular formula is C19H25F2N5O2S. The van der Waals surface area contributed by atoms with Gasteiger partial charge < -0.3 is 15.9 Å². The van der Waals surface area contributed by atoms with Crippen molar-refractivity contribution >= 4 is 17.7 Å². The Labute approximate surface area is 172 Å². The summed E-state index contributed by atoms with van der Waals surface area (Å²) < 4.78 is 30.1. The molecule has 1 heterocycles. The van der Waals surface area contributed by atoms with Crippen molar-refractivity contribution in [1.29, 1.82) is 0 Å². The Bertz CT molecular complexity index is 792. The highest BCUT2D eigenvalue weighted by molar-refractivity contribution is 7.99. The quantitative estimate of drug-likeness (QED) is 0.520. The molecule has 158 valence electrons. The van der Waals surface area contributed by atoms with Gasteiger partial charge in [-0.3, -0.25) is 4.79 Å². The predicted octanol–water partition coefficient (Wildman–Crippen LogP) is 3.58. The van der Waals surface area contributed by atoms with E-state index in [0.29, 0.717) is 16.5 Å². The fourth-order valence-electron chi connectivity index (χ4n) is 3.36. The molecule has 1 aromatic heterocycles. The summed E-state index contributed by atoms with van der Waals surface area (Å²) >= 11 is 1.21. The SMILES string of the molecule is Nn1c(SCC(=O)NC2CCCCCCC2)nnc1-c1ccc(OC(F)F)cc1. The molecule has 1 amide bonds. The van der Waals surface area contributed by atoms with E-state index in [4.69, 9.17) is 5.84 Å². The number of ether oxygens (including phenoxy) is 1. The van der Waals surface area contributed by atoms with Crippen LogP contribution in [0.2, 0.25) is 0 Å². The van der Waals surface area contributed by atoms with Gasteiger partial charge in [0.05, 0.1) is 5.75 Å². The van der Waals surface area contributed by atoms with Crippen molar-refractivity contribution in [2.45, 2.75) is 62.8 Å². The molecule has 0 radical (unpaired) electrons. The number of carbonyl (C=O) groups excluding carboxylic acids is 1. The number of rotatable bonds is 7. The Balaban J connectivity index is 1.54. The number of halogens is 2. The Morgan fingerprint density at radius 1 is 1.17 bits per heavy atom. The maximum Gasteiger partial charge on any atom is 0.387 e. The number of hydrogen-bond acceptors (Lipinski definition) is 6. The van der Waals surface area contributed by atoms with E-state index < -0.39 is 6.61 Å². The zero-order chi connectivity index (χ0) is 20.6. The van der Waals surface area contributed by atoms with E-state index in [0.717, 1.165) is 25.7 Å². The molecule has 10 heteroatoms. The van der Waals surface area contributed by atoms with Crippen molar-refractivity contribution in [3.8, 4) is 17.1 Å². The van der Waals surface area contributed by atoms with E-state index in [1.54, 1.807) is 12.1 Å². The van der Waals surface area contributed by atoms with Gasteiger partial charge in [0.15, 0.2) is 5.82 Å². The maximum atomic E-state index is 12.3. The van der Waals surface area contributed by atoms with Gasteiger partial charge in [-0.2, -0.15) is 8.78 Å². The van der Waals surface area contributed by atoms with Crippen molar-refractivity contribution in [1.82, 2.24) is 20.2 Å². The molecule has 2 aromatic rings. The third-order valence-corrected chi connectivity index (χ3v) is 5.75. The van der Waals surface area contributed by atoms with E-state index in [1.807, 2.05) is 0 Å². The minimum Gasteiger partial charge on any atom is -0.435 e. The van der Waals surface area contributed by atoms with Crippen LogP contribution in [-0.2, 0) is 4.79 Å². The fraction of sp³-hybridized carbons (Fsp3) is 0.526. The topological polar surface area (TPSA) is 95.1 Å². The number of carbonyl (C=O) groups is 1. The van der Waals surface area contributed by atoms with Crippen LogP contribution in [0.5, 0.6) is 5.75 Å². The standard InChI is InChI=1S/C19H25F2N5O2S/c20-18(21)28-15-10-8-13(9-11-15)17-24-25-19(26(17)22)29-12-16(27)23-14-6-4-2-1-3-5-7-14/h8-11,14,18H,1-7,12,22H2,(H,23,27). The first-order valence-electron chi connectivity index (χ1n) is 9.71. The number of nitrogen functional groups attached to an aromatic ring is 1. The Kier molecular flexibility index (Phi) is 7.68. The van der Waals surface area contributed by atoms with Crippen molar-refractivity contribution in [2.24, 2.45) is 0 Å². The predicted molar refractivity (Wildman–Crippen MR) is 107 cm³/mol. The van der Waals surface area contributed by atoms with Crippen LogP contribution in [-0.4, -0.2) is 39.2 Å². The third-order valence-electron chi connectivity index (χ3n) is 4.80. The lowest BCUT2D eigenvalue weighted by Crippen LogP contribution is -2.36. The summed E-state index contributed by atoms with van der Waals surface area (Å²) in [5.74, 6) is 6.63. The highest BCUT2D eigenvalue weighted by Gasteiger charge is 2.17. The third kappa shape index (κ3) is 6.31. The van der Waals surface area contributed by atoms with Crippen LogP contribution in [0.15, 0.2) is 29.4 Å². The number of nitrogens with two attached hydrogens (primary N) is 1. The van der Waals surface area contributed by atoms with Crippen molar-refractivity contribution in [3.63, 3.8) is 0 Å². The summed E-state index contributed by atoms with van der Waals surface area (Å²) in [6.07, 6.45) is 8.11. The second-order valence-corrected chi connectivity index (χ2v) is 7.92. The molecule has 1 aliphatic carbocycles. The van der Waals surface area contributed by atoms with E-state index in [-0.39, 0.29) is 23.5 Å². The first-order valence-corrected chi connectivity index (χ1v) is 10.7. The maximum absolute atomic E-state index is 12.3. The summed E-state index contributed by atoms with van der Waals surface area (Å²) in [5, 5.41) is 11.6. The zero-order valence-electron chi connectivity index (χ0n) is 16.0. The smallest absolute Gasteiger partial charge is 0.387 e. The van der Waals surface area contributed by atoms with E-state index in [1.165, 1.54) is 47.8 Å². The van der Waals surface area contributed by atoms with Crippen LogP contribution in [0.1, 0.15) is 44.9 Å². The van der Waals surface area contributed by atoms with Crippen LogP contribution in [0, 0.1) is 0 Å². The number of alkyl halides is 2. The number of benzene rings is 1. The Hall–Kier alpha value is -2.36. The van der Waals surface area contributed by atoms with E-state index in [2.05, 4.69) is 20.3 Å². The lowest BCUT2D eigenvalue weighted by Gasteiger charge is -2.20. The molecule has 1 aromatic carbocycles. The van der Waals surface area contributed by atoms with Gasteiger partial charge in [0, 0.05) is 11.6 Å². The van der Waals surface area contributed by atoms with Crippen molar-refractivity contribution in [2.75, 3.05) is 11.6 Å². The Morgan fingerprint density at radius 3 is 2.48 bits per heavy atom. The molecule has 1 fully saturated rings. The Morgan fingerprint density at radius 2 is 1.83 bits per heavy atom. The van der Waals surface area contributed by atoms with Crippen LogP contribution in [0.3, 0.4) is 0 Å². The van der Waals surface area contributed by atoms with Gasteiger partial charge in [-0.15, -0.1) is 10.2 Å². The molecule has 7 nitrogen and oxygen atoms in total. The van der Waals surface area contributed by atoms with Gasteiger partial charge in [-0.1, -0.05) is 43.9 Å². The van der Waals surface area contributed by atoms with Gasteiger partial charge in [-0.05, 0) is 37.1 Å². The van der Waals surface area contributed by atoms with Crippen LogP contribution in [0.4, 0.5) is 8.78 Å². The molecule has 3 N–H and O–H groups in total. The average molecular weight is 426 g/mol. The second kappa shape index (κ2) is 10.4. The summed E-state index contributed by atoms with van der Waals surface area (Å²) in [5.41, 5.74) is 0.604. The lowest BCUT2D eigenvalue weighted by molar-refractivity contribution is -0.119. The normalized spacial score (nSPS) is 15.7. The summed E-state index contributed by atoms with van der Waals surface area (Å²) in [6, 6.07) is 6.20. The molecule has 1 aliphatic rings. The monoisotopic (exact) mass is 425 g/mol. The summed E-state index contributed by atoms with van der Waals surface area (Å²) in [7, 11) is 0. The molecule has 0 unspecified atom stereocenters. The van der Waals surface area contributed by atoms with Gasteiger partial charge in [0.1, 0.15) is 5.75 Å². The minimum atomic E-state index is -2.88. The molecule has 1 saturated carbocycles. The largest absolute Gasteiger partial charge is 0.435 e. The number of amides is 1. The summed E-state index contributed by atoms with van der Waals surface area (Å²) in [4.78, 5) is 12.3. The number of aromatic nitrogens is 3. The van der Waals surface area contributed by atoms with Gasteiger partial charge >= 0.3 is 6.61 Å². The number of thioether (sulfide) groups is 1. The summed E-state index contributed by atoms with van der Waals surface area (Å²) in [6.45, 7) is -2.88. The number of nitrogens with one attached hydrogen (secondary N) is 1. The average Bonchev–Trinajstić information content (AvgIpc) is 3.03. The van der Waals surface area contributed by atoms with E-state index >= 15 is 0 Å². The molecule has 0 bridgehead atoms. The first kappa shape index (κ1) is 21.4. The molecule has 0 spiro atoms. The van der Waals surface area contributed by atoms with Crippen molar-refractivity contribution < 1.29 is 18.3 Å². The van der Waals surface area contributed by atoms with Crippen LogP contribution in [0.25, 0.3) is 11.4 Å². The van der Waals surface area contributed by atoms with Gasteiger partial charge in [0.25, 0.3) is 0 Å². The van der Waals surface area contributed by atoms with Crippen LogP contribution >= 0.6 is 11.8 Å². The lowest BCUT2D eigenvalue weighted by atomic mass is 9.97. The van der Waals surface area contributed by atoms with Crippen molar-refractivity contribution in [3.05, 3.63) is 24.3 Å². The molecular weight excluding hydrogens is 400 g/mol. The highest BCUT2D eigenvalue weighted by atomic mass is 32.2. The van der Waals surface area contributed by atoms with Gasteiger partial charge in [-0.25, -0.2) is 4.68 Å². The van der Waals surface area contributed by atoms with E-state index in [9.17, 15) is 13.6 Å². The fourth-order valence-corrected chi connectivity index (χ4v) is 4.03. The molecule has 0 aliphatic heterocycles. The zero-order valence-corrected chi connectivity index (χ0v) is 16.8. The molecule has 3 rings (SSSR count).